The fraction of sp³-hybridized carbons (Fsp3) is 0.545. The van der Waals surface area contributed by atoms with Crippen LogP contribution < -0.4 is 16.0 Å². The Morgan fingerprint density at radius 1 is 1.50 bits per heavy atom. The van der Waals surface area contributed by atoms with Crippen molar-refractivity contribution in [2.24, 2.45) is 0 Å². The number of nitrogens with one attached hydrogen (secondary N) is 1. The quantitative estimate of drug-likeness (QED) is 0.673. The molecule has 2 atom stereocenters. The summed E-state index contributed by atoms with van der Waals surface area (Å²) in [4.78, 5) is 21.7. The average molecular weight is 249 g/mol. The number of amides is 1. The molecule has 7 heteroatoms. The number of carbonyl (C=O) groups excluding carboxylic acids is 1. The normalized spacial score (nSPS) is 27.6. The van der Waals surface area contributed by atoms with Crippen LogP contribution in [0.1, 0.15) is 6.42 Å². The second-order valence-corrected chi connectivity index (χ2v) is 4.56. The van der Waals surface area contributed by atoms with E-state index in [1.807, 2.05) is 0 Å². The number of fused-ring (bicyclic) bond motifs is 1. The standard InChI is InChI=1S/C11H15N5O2/c12-9-3-13-4-10(15-9)16-2-1-8-7(5-16)14-11(17)6-18-8/h3-4,7-8H,1-2,5-6H2,(H2,12,15)(H,14,17)/t7-,8+/m0/s1. The van der Waals surface area contributed by atoms with Crippen LogP contribution in [0.4, 0.5) is 11.6 Å². The number of nitrogen functional groups attached to an aromatic ring is 1. The highest BCUT2D eigenvalue weighted by molar-refractivity contribution is 5.78. The second-order valence-electron chi connectivity index (χ2n) is 4.56. The molecule has 2 aliphatic heterocycles. The van der Waals surface area contributed by atoms with Crippen molar-refractivity contribution in [1.82, 2.24) is 15.3 Å². The number of piperidine rings is 1. The number of aromatic nitrogens is 2. The van der Waals surface area contributed by atoms with Crippen LogP contribution in [0.15, 0.2) is 12.4 Å². The van der Waals surface area contributed by atoms with Gasteiger partial charge in [0, 0.05) is 13.1 Å². The zero-order valence-electron chi connectivity index (χ0n) is 9.87. The van der Waals surface area contributed by atoms with E-state index in [2.05, 4.69) is 20.2 Å². The first-order valence-corrected chi connectivity index (χ1v) is 5.96. The third kappa shape index (κ3) is 2.08. The molecule has 3 N–H and O–H groups in total. The second kappa shape index (κ2) is 4.41. The molecule has 2 saturated heterocycles. The van der Waals surface area contributed by atoms with Gasteiger partial charge >= 0.3 is 0 Å². The van der Waals surface area contributed by atoms with E-state index in [-0.39, 0.29) is 24.7 Å². The van der Waals surface area contributed by atoms with Gasteiger partial charge in [0.1, 0.15) is 18.2 Å². The first-order chi connectivity index (χ1) is 8.72. The van der Waals surface area contributed by atoms with Crippen molar-refractivity contribution in [3.63, 3.8) is 0 Å². The minimum atomic E-state index is -0.0586. The molecule has 0 bridgehead atoms. The Hall–Kier alpha value is -1.89. The van der Waals surface area contributed by atoms with E-state index in [4.69, 9.17) is 10.5 Å². The van der Waals surface area contributed by atoms with Crippen molar-refractivity contribution >= 4 is 17.5 Å². The van der Waals surface area contributed by atoms with Gasteiger partial charge in [-0.25, -0.2) is 4.98 Å². The van der Waals surface area contributed by atoms with E-state index < -0.39 is 0 Å². The molecule has 1 amide bonds. The van der Waals surface area contributed by atoms with E-state index >= 15 is 0 Å². The Labute approximate surface area is 104 Å². The van der Waals surface area contributed by atoms with Crippen LogP contribution in [0.25, 0.3) is 0 Å². The number of ether oxygens (including phenoxy) is 1. The summed E-state index contributed by atoms with van der Waals surface area (Å²) in [5.41, 5.74) is 5.62. The fourth-order valence-corrected chi connectivity index (χ4v) is 2.43. The number of carbonyl (C=O) groups is 1. The molecule has 0 aliphatic carbocycles. The molecule has 0 unspecified atom stereocenters. The average Bonchev–Trinajstić information content (AvgIpc) is 2.38. The molecule has 0 saturated carbocycles. The summed E-state index contributed by atoms with van der Waals surface area (Å²) in [5, 5.41) is 2.95. The van der Waals surface area contributed by atoms with Crippen molar-refractivity contribution in [1.29, 1.82) is 0 Å². The van der Waals surface area contributed by atoms with Crippen LogP contribution in [0.3, 0.4) is 0 Å². The van der Waals surface area contributed by atoms with Crippen LogP contribution in [0, 0.1) is 0 Å². The monoisotopic (exact) mass is 249 g/mol. The first-order valence-electron chi connectivity index (χ1n) is 5.96. The molecule has 7 nitrogen and oxygen atoms in total. The zero-order valence-corrected chi connectivity index (χ0v) is 9.87. The molecule has 2 fully saturated rings. The van der Waals surface area contributed by atoms with Gasteiger partial charge in [-0.05, 0) is 6.42 Å². The maximum atomic E-state index is 11.3. The Morgan fingerprint density at radius 3 is 3.22 bits per heavy atom. The van der Waals surface area contributed by atoms with Crippen molar-refractivity contribution in [2.75, 3.05) is 30.3 Å². The lowest BCUT2D eigenvalue weighted by Gasteiger charge is -2.41. The van der Waals surface area contributed by atoms with Crippen molar-refractivity contribution in [3.05, 3.63) is 12.4 Å². The zero-order chi connectivity index (χ0) is 12.5. The molecule has 3 rings (SSSR count). The van der Waals surface area contributed by atoms with E-state index in [1.165, 1.54) is 6.20 Å². The molecule has 1 aromatic heterocycles. The molecule has 0 radical (unpaired) electrons. The maximum Gasteiger partial charge on any atom is 0.246 e. The Bertz CT molecular complexity index is 467. The van der Waals surface area contributed by atoms with Gasteiger partial charge < -0.3 is 20.7 Å². The first kappa shape index (κ1) is 11.2. The van der Waals surface area contributed by atoms with Gasteiger partial charge in [-0.3, -0.25) is 9.78 Å². The fourth-order valence-electron chi connectivity index (χ4n) is 2.43. The van der Waals surface area contributed by atoms with Crippen LogP contribution in [-0.4, -0.2) is 47.7 Å². The summed E-state index contributed by atoms with van der Waals surface area (Å²) in [5.74, 6) is 1.09. The van der Waals surface area contributed by atoms with Crippen LogP contribution in [0.5, 0.6) is 0 Å². The van der Waals surface area contributed by atoms with E-state index in [0.29, 0.717) is 12.4 Å². The lowest BCUT2D eigenvalue weighted by Crippen LogP contribution is -2.60. The lowest BCUT2D eigenvalue weighted by molar-refractivity contribution is -0.137. The topological polar surface area (TPSA) is 93.4 Å². The third-order valence-electron chi connectivity index (χ3n) is 3.29. The number of hydrogen-bond donors (Lipinski definition) is 2. The van der Waals surface area contributed by atoms with Gasteiger partial charge in [-0.2, -0.15) is 0 Å². The third-order valence-corrected chi connectivity index (χ3v) is 3.29. The minimum Gasteiger partial charge on any atom is -0.382 e. The summed E-state index contributed by atoms with van der Waals surface area (Å²) < 4.78 is 5.50. The van der Waals surface area contributed by atoms with Gasteiger partial charge in [0.05, 0.1) is 24.5 Å². The largest absolute Gasteiger partial charge is 0.382 e. The molecular formula is C11H15N5O2. The summed E-state index contributed by atoms with van der Waals surface area (Å²) in [6.07, 6.45) is 4.17. The predicted octanol–water partition coefficient (Wildman–Crippen LogP) is -0.847. The van der Waals surface area contributed by atoms with Gasteiger partial charge in [0.15, 0.2) is 0 Å². The Morgan fingerprint density at radius 2 is 2.39 bits per heavy atom. The SMILES string of the molecule is Nc1cncc(N2CC[C@H]3OCC(=O)N[C@H]3C2)n1. The lowest BCUT2D eigenvalue weighted by atomic mass is 10.0. The number of hydrogen-bond acceptors (Lipinski definition) is 6. The maximum absolute atomic E-state index is 11.3. The van der Waals surface area contributed by atoms with Crippen LogP contribution in [-0.2, 0) is 9.53 Å². The van der Waals surface area contributed by atoms with Crippen molar-refractivity contribution < 1.29 is 9.53 Å². The predicted molar refractivity (Wildman–Crippen MR) is 64.9 cm³/mol. The van der Waals surface area contributed by atoms with Crippen molar-refractivity contribution in [2.45, 2.75) is 18.6 Å². The number of nitrogens with two attached hydrogens (primary N) is 1. The van der Waals surface area contributed by atoms with E-state index in [9.17, 15) is 4.79 Å². The number of morpholine rings is 1. The molecule has 3 heterocycles. The number of rotatable bonds is 1. The molecule has 2 aliphatic rings. The highest BCUT2D eigenvalue weighted by atomic mass is 16.5. The van der Waals surface area contributed by atoms with Gasteiger partial charge in [-0.15, -0.1) is 0 Å². The van der Waals surface area contributed by atoms with E-state index in [1.54, 1.807) is 6.20 Å². The van der Waals surface area contributed by atoms with Gasteiger partial charge in [0.25, 0.3) is 0 Å². The van der Waals surface area contributed by atoms with E-state index in [0.717, 1.165) is 18.8 Å². The Kier molecular flexibility index (Phi) is 2.75. The highest BCUT2D eigenvalue weighted by Crippen LogP contribution is 2.21. The molecule has 0 aromatic carbocycles. The Balaban J connectivity index is 1.74. The van der Waals surface area contributed by atoms with Crippen LogP contribution in [0.2, 0.25) is 0 Å². The van der Waals surface area contributed by atoms with Crippen molar-refractivity contribution in [3.8, 4) is 0 Å². The number of anilines is 2. The summed E-state index contributed by atoms with van der Waals surface area (Å²) in [7, 11) is 0. The van der Waals surface area contributed by atoms with Gasteiger partial charge in [-0.1, -0.05) is 0 Å². The molecule has 1 aromatic rings. The molecular weight excluding hydrogens is 234 g/mol. The highest BCUT2D eigenvalue weighted by Gasteiger charge is 2.35. The molecule has 0 spiro atoms. The summed E-state index contributed by atoms with van der Waals surface area (Å²) in [6, 6.07) is 0.0169. The molecule has 18 heavy (non-hydrogen) atoms. The minimum absolute atomic E-state index is 0.0169. The number of nitrogens with zero attached hydrogens (tertiary/aromatic N) is 3. The summed E-state index contributed by atoms with van der Waals surface area (Å²) in [6.45, 7) is 1.67. The van der Waals surface area contributed by atoms with Gasteiger partial charge in [0.2, 0.25) is 5.91 Å². The summed E-state index contributed by atoms with van der Waals surface area (Å²) >= 11 is 0. The van der Waals surface area contributed by atoms with Crippen LogP contribution >= 0.6 is 0 Å². The smallest absolute Gasteiger partial charge is 0.246 e. The molecule has 96 valence electrons.